The molecule has 4 rings (SSSR count). The Hall–Kier alpha value is -1.14. The maximum Gasteiger partial charge on any atom is 0.104 e. The average Bonchev–Trinajstić information content (AvgIpc) is 2.55. The van der Waals surface area contributed by atoms with Gasteiger partial charge in [-0.05, 0) is 6.08 Å². The summed E-state index contributed by atoms with van der Waals surface area (Å²) in [5.74, 6) is -0.134. The van der Waals surface area contributed by atoms with E-state index in [2.05, 4.69) is 6.07 Å². The van der Waals surface area contributed by atoms with Crippen LogP contribution in [0.5, 0.6) is 0 Å². The van der Waals surface area contributed by atoms with Crippen molar-refractivity contribution in [1.82, 2.24) is 0 Å². The lowest BCUT2D eigenvalue weighted by Gasteiger charge is -2.31. The highest BCUT2D eigenvalue weighted by Gasteiger charge is 2.79. The van der Waals surface area contributed by atoms with Crippen LogP contribution in [0.15, 0.2) is 24.1 Å². The minimum atomic E-state index is -0.457. The van der Waals surface area contributed by atoms with Crippen molar-refractivity contribution in [3.8, 4) is 6.07 Å². The molecule has 2 aliphatic carbocycles. The summed E-state index contributed by atoms with van der Waals surface area (Å²) >= 11 is 0. The van der Waals surface area contributed by atoms with E-state index in [1.807, 2.05) is 12.2 Å². The monoisotopic (exact) mass is 189 g/mol. The van der Waals surface area contributed by atoms with Crippen molar-refractivity contribution in [3.05, 3.63) is 24.1 Å². The van der Waals surface area contributed by atoms with Crippen molar-refractivity contribution < 1.29 is 9.13 Å². The molecule has 1 saturated heterocycles. The molecule has 2 aliphatic heterocycles. The zero-order valence-corrected chi connectivity index (χ0v) is 7.35. The summed E-state index contributed by atoms with van der Waals surface area (Å²) in [4.78, 5) is 0. The van der Waals surface area contributed by atoms with Gasteiger partial charge in [0.25, 0.3) is 0 Å². The van der Waals surface area contributed by atoms with Gasteiger partial charge in [0.15, 0.2) is 0 Å². The van der Waals surface area contributed by atoms with Gasteiger partial charge >= 0.3 is 0 Å². The number of hydrogen-bond acceptors (Lipinski definition) is 2. The fourth-order valence-corrected chi connectivity index (χ4v) is 3.63. The van der Waals surface area contributed by atoms with Gasteiger partial charge in [-0.15, -0.1) is 0 Å². The number of halogens is 1. The Kier molecular flexibility index (Phi) is 0.926. The third kappa shape index (κ3) is 0.481. The number of nitrogens with zero attached hydrogens (tertiary/aromatic N) is 1. The van der Waals surface area contributed by atoms with Crippen LogP contribution in [0.1, 0.15) is 0 Å². The molecule has 70 valence electrons. The fourth-order valence-electron chi connectivity index (χ4n) is 3.63. The normalized spacial score (nSPS) is 60.6. The molecule has 6 atom stereocenters. The van der Waals surface area contributed by atoms with Gasteiger partial charge in [-0.3, -0.25) is 0 Å². The highest BCUT2D eigenvalue weighted by molar-refractivity contribution is 5.46. The Balaban J connectivity index is 1.94. The van der Waals surface area contributed by atoms with Crippen LogP contribution in [-0.4, -0.2) is 12.2 Å². The Morgan fingerprint density at radius 1 is 1.43 bits per heavy atom. The van der Waals surface area contributed by atoms with Crippen molar-refractivity contribution >= 4 is 0 Å². The average molecular weight is 189 g/mol. The highest BCUT2D eigenvalue weighted by Crippen LogP contribution is 2.75. The number of rotatable bonds is 0. The number of hydrogen-bond donors (Lipinski definition) is 0. The molecule has 2 nitrogen and oxygen atoms in total. The minimum Gasteiger partial charge on any atom is -0.366 e. The van der Waals surface area contributed by atoms with Crippen molar-refractivity contribution in [3.63, 3.8) is 0 Å². The lowest BCUT2D eigenvalue weighted by molar-refractivity contribution is -0.0343. The van der Waals surface area contributed by atoms with Crippen LogP contribution >= 0.6 is 0 Å². The number of nitriles is 1. The summed E-state index contributed by atoms with van der Waals surface area (Å²) in [5, 5.41) is 9.22. The van der Waals surface area contributed by atoms with E-state index < -0.39 is 5.41 Å². The van der Waals surface area contributed by atoms with Crippen molar-refractivity contribution in [2.75, 3.05) is 0 Å². The van der Waals surface area contributed by atoms with E-state index in [9.17, 15) is 9.65 Å². The molecular weight excluding hydrogens is 181 g/mol. The molecule has 0 spiro atoms. The first-order valence-electron chi connectivity index (χ1n) is 4.91. The van der Waals surface area contributed by atoms with E-state index in [4.69, 9.17) is 4.74 Å². The predicted molar refractivity (Wildman–Crippen MR) is 45.5 cm³/mol. The molecule has 14 heavy (non-hydrogen) atoms. The Morgan fingerprint density at radius 2 is 2.21 bits per heavy atom. The summed E-state index contributed by atoms with van der Waals surface area (Å²) < 4.78 is 19.2. The molecule has 0 aromatic heterocycles. The standard InChI is InChI=1S/C11H8FNO/c12-6-3-5-9-7-1-2-8(14-7)10(6)11(5,9)4-13/h1-3,5,7-10H/t5?,7-,8+,9?,10?,11-/m1/s1. The van der Waals surface area contributed by atoms with Crippen LogP contribution in [0.2, 0.25) is 0 Å². The maximum atomic E-state index is 13.6. The summed E-state index contributed by atoms with van der Waals surface area (Å²) in [7, 11) is 0. The van der Waals surface area contributed by atoms with E-state index in [0.717, 1.165) is 0 Å². The number of fused-ring (bicyclic) bond motifs is 5. The highest BCUT2D eigenvalue weighted by atomic mass is 19.1. The largest absolute Gasteiger partial charge is 0.366 e. The van der Waals surface area contributed by atoms with E-state index in [-0.39, 0.29) is 35.8 Å². The second-order valence-corrected chi connectivity index (χ2v) is 4.58. The van der Waals surface area contributed by atoms with Gasteiger partial charge in [0.1, 0.15) is 5.83 Å². The number of allylic oxidation sites excluding steroid dienone is 1. The van der Waals surface area contributed by atoms with Crippen LogP contribution in [0, 0.1) is 34.5 Å². The lowest BCUT2D eigenvalue weighted by Crippen LogP contribution is -2.36. The minimum absolute atomic E-state index is 0.0604. The third-order valence-corrected chi connectivity index (χ3v) is 4.21. The van der Waals surface area contributed by atoms with Crippen molar-refractivity contribution in [2.45, 2.75) is 12.2 Å². The van der Waals surface area contributed by atoms with Crippen LogP contribution < -0.4 is 0 Å². The van der Waals surface area contributed by atoms with Crippen LogP contribution in [-0.2, 0) is 4.74 Å². The van der Waals surface area contributed by atoms with Crippen molar-refractivity contribution in [1.29, 1.82) is 5.26 Å². The zero-order valence-electron chi connectivity index (χ0n) is 7.35. The SMILES string of the molecule is N#C[C@]12C3C=C(F)C1[C@@H]1C=C[C@@H](O1)C32. The predicted octanol–water partition coefficient (Wildman–Crippen LogP) is 1.56. The molecular formula is C11H8FNO. The van der Waals surface area contributed by atoms with E-state index in [0.29, 0.717) is 0 Å². The first-order chi connectivity index (χ1) is 6.79. The van der Waals surface area contributed by atoms with E-state index in [1.165, 1.54) is 0 Å². The first kappa shape index (κ1) is 7.19. The lowest BCUT2D eigenvalue weighted by atomic mass is 9.83. The van der Waals surface area contributed by atoms with Gasteiger partial charge in [0, 0.05) is 11.8 Å². The summed E-state index contributed by atoms with van der Waals surface area (Å²) in [6, 6.07) is 2.34. The number of ether oxygens (including phenoxy) is 1. The maximum absolute atomic E-state index is 13.6. The van der Waals surface area contributed by atoms with E-state index >= 15 is 0 Å². The zero-order chi connectivity index (χ0) is 9.50. The second kappa shape index (κ2) is 1.80. The van der Waals surface area contributed by atoms with Crippen LogP contribution in [0.3, 0.4) is 0 Å². The van der Waals surface area contributed by atoms with Gasteiger partial charge in [-0.25, -0.2) is 4.39 Å². The summed E-state index contributed by atoms with van der Waals surface area (Å²) in [6.45, 7) is 0. The summed E-state index contributed by atoms with van der Waals surface area (Å²) in [5.41, 5.74) is -0.457. The smallest absolute Gasteiger partial charge is 0.104 e. The Labute approximate surface area is 80.7 Å². The van der Waals surface area contributed by atoms with E-state index in [1.54, 1.807) is 6.08 Å². The first-order valence-corrected chi connectivity index (χ1v) is 4.91. The van der Waals surface area contributed by atoms with Crippen LogP contribution in [0.4, 0.5) is 4.39 Å². The van der Waals surface area contributed by atoms with Gasteiger partial charge in [0.05, 0.1) is 29.6 Å². The molecule has 2 fully saturated rings. The van der Waals surface area contributed by atoms with Crippen LogP contribution in [0.25, 0.3) is 0 Å². The second-order valence-electron chi connectivity index (χ2n) is 4.58. The van der Waals surface area contributed by atoms with Gasteiger partial charge in [-0.2, -0.15) is 5.26 Å². The molecule has 0 radical (unpaired) electrons. The fraction of sp³-hybridized carbons (Fsp3) is 0.545. The molecule has 3 heteroatoms. The van der Waals surface area contributed by atoms with Gasteiger partial charge in [-0.1, -0.05) is 12.2 Å². The molecule has 3 unspecified atom stereocenters. The molecule has 0 amide bonds. The third-order valence-electron chi connectivity index (χ3n) is 4.21. The molecule has 0 aromatic carbocycles. The molecule has 4 aliphatic rings. The molecule has 1 saturated carbocycles. The molecule has 2 heterocycles. The quantitative estimate of drug-likeness (QED) is 0.542. The Morgan fingerprint density at radius 3 is 3.00 bits per heavy atom. The van der Waals surface area contributed by atoms with Crippen molar-refractivity contribution in [2.24, 2.45) is 23.2 Å². The Bertz CT molecular complexity index is 435. The van der Waals surface area contributed by atoms with Gasteiger partial charge in [0.2, 0.25) is 0 Å². The van der Waals surface area contributed by atoms with Gasteiger partial charge < -0.3 is 4.74 Å². The topological polar surface area (TPSA) is 33.0 Å². The molecule has 0 aromatic rings. The molecule has 0 N–H and O–H groups in total. The molecule has 2 bridgehead atoms. The summed E-state index contributed by atoms with van der Waals surface area (Å²) in [6.07, 6.45) is 5.42.